The highest BCUT2D eigenvalue weighted by Crippen LogP contribution is 2.34. The van der Waals surface area contributed by atoms with Gasteiger partial charge in [-0.3, -0.25) is 4.79 Å². The molecule has 4 aromatic carbocycles. The average Bonchev–Trinajstić information content (AvgIpc) is 3.00. The molecule has 4 N–H and O–H groups in total. The van der Waals surface area contributed by atoms with E-state index in [9.17, 15) is 30.8 Å². The summed E-state index contributed by atoms with van der Waals surface area (Å²) in [6.45, 7) is 0.938. The fraction of sp³-hybridized carbons (Fsp3) is 0.242. The van der Waals surface area contributed by atoms with Crippen LogP contribution in [-0.2, 0) is 21.2 Å². The summed E-state index contributed by atoms with van der Waals surface area (Å²) >= 11 is 0. The Morgan fingerprint density at radius 2 is 1.46 bits per heavy atom. The second kappa shape index (κ2) is 14.0. The molecule has 0 radical (unpaired) electrons. The van der Waals surface area contributed by atoms with Crippen molar-refractivity contribution in [3.05, 3.63) is 131 Å². The van der Waals surface area contributed by atoms with Crippen LogP contribution >= 0.6 is 0 Å². The lowest BCUT2D eigenvalue weighted by Gasteiger charge is -2.35. The lowest BCUT2D eigenvalue weighted by Crippen LogP contribution is -2.53. The number of nitrogens with two attached hydrogens (primary N) is 1. The summed E-state index contributed by atoms with van der Waals surface area (Å²) in [5.74, 6) is -7.11. The van der Waals surface area contributed by atoms with Gasteiger partial charge in [0.25, 0.3) is 0 Å². The van der Waals surface area contributed by atoms with Crippen LogP contribution < -0.4 is 16.4 Å². The van der Waals surface area contributed by atoms with Crippen molar-refractivity contribution in [2.75, 3.05) is 25.0 Å². The van der Waals surface area contributed by atoms with Gasteiger partial charge in [0.05, 0.1) is 4.90 Å². The van der Waals surface area contributed by atoms with E-state index in [1.54, 1.807) is 18.2 Å². The predicted molar refractivity (Wildman–Crippen MR) is 163 cm³/mol. The molecule has 46 heavy (non-hydrogen) atoms. The van der Waals surface area contributed by atoms with Crippen LogP contribution in [0.5, 0.6) is 0 Å². The Morgan fingerprint density at radius 3 is 2.02 bits per heavy atom. The first-order valence-electron chi connectivity index (χ1n) is 14.5. The molecular weight excluding hydrogens is 627 g/mol. The number of carbonyl (C=O) groups is 1. The van der Waals surface area contributed by atoms with E-state index in [1.807, 2.05) is 0 Å². The zero-order valence-corrected chi connectivity index (χ0v) is 25.2. The minimum Gasteiger partial charge on any atom is -0.373 e. The summed E-state index contributed by atoms with van der Waals surface area (Å²) < 4.78 is 101. The molecule has 5 rings (SSSR count). The van der Waals surface area contributed by atoms with E-state index in [1.165, 1.54) is 34.6 Å². The predicted octanol–water partition coefficient (Wildman–Crippen LogP) is 5.08. The van der Waals surface area contributed by atoms with E-state index in [0.29, 0.717) is 25.2 Å². The maximum absolute atomic E-state index is 15.4. The molecule has 1 heterocycles. The van der Waals surface area contributed by atoms with E-state index in [-0.39, 0.29) is 46.7 Å². The number of primary amides is 1. The van der Waals surface area contributed by atoms with Gasteiger partial charge in [-0.25, -0.2) is 30.4 Å². The van der Waals surface area contributed by atoms with Crippen LogP contribution in [0.25, 0.3) is 0 Å². The molecule has 2 atom stereocenters. The molecule has 1 aliphatic heterocycles. The Morgan fingerprint density at radius 1 is 0.870 bits per heavy atom. The quantitative estimate of drug-likeness (QED) is 0.195. The second-order valence-corrected chi connectivity index (χ2v) is 12.9. The van der Waals surface area contributed by atoms with Gasteiger partial charge in [-0.15, -0.1) is 0 Å². The maximum atomic E-state index is 15.4. The van der Waals surface area contributed by atoms with Gasteiger partial charge in [-0.2, -0.15) is 4.31 Å². The van der Waals surface area contributed by atoms with E-state index in [2.05, 4.69) is 10.6 Å². The summed E-state index contributed by atoms with van der Waals surface area (Å²) in [5.41, 5.74) is 5.64. The van der Waals surface area contributed by atoms with Crippen LogP contribution in [0.3, 0.4) is 0 Å². The number of benzene rings is 4. The number of rotatable bonds is 11. The first-order valence-corrected chi connectivity index (χ1v) is 15.9. The molecule has 0 aromatic heterocycles. The van der Waals surface area contributed by atoms with Gasteiger partial charge in [0.1, 0.15) is 35.1 Å². The average molecular weight is 659 g/mol. The zero-order chi connectivity index (χ0) is 33.0. The summed E-state index contributed by atoms with van der Waals surface area (Å²) in [4.78, 5) is 13.1. The van der Waals surface area contributed by atoms with E-state index < -0.39 is 63.0 Å². The van der Waals surface area contributed by atoms with Crippen LogP contribution in [0.4, 0.5) is 27.6 Å². The molecule has 13 heteroatoms. The van der Waals surface area contributed by atoms with Crippen molar-refractivity contribution in [1.82, 2.24) is 9.62 Å². The number of piperazine rings is 1. The molecule has 1 fully saturated rings. The monoisotopic (exact) mass is 658 g/mol. The molecule has 7 nitrogen and oxygen atoms in total. The van der Waals surface area contributed by atoms with Crippen LogP contribution in [-0.4, -0.2) is 50.3 Å². The third-order valence-electron chi connectivity index (χ3n) is 7.93. The number of hydrogen-bond donors (Lipinski definition) is 3. The lowest BCUT2D eigenvalue weighted by molar-refractivity contribution is -0.119. The van der Waals surface area contributed by atoms with Gasteiger partial charge in [0.15, 0.2) is 0 Å². The number of amides is 1. The Balaban J connectivity index is 1.48. The van der Waals surface area contributed by atoms with Crippen LogP contribution in [0, 0.1) is 29.1 Å². The Kier molecular flexibility index (Phi) is 10.0. The molecule has 4 aromatic rings. The van der Waals surface area contributed by atoms with E-state index in [4.69, 9.17) is 5.73 Å². The standard InChI is InChI=1S/C33H31F5N4O3S/c34-22-13-20(14-23(35)17-22)31(21-15-24(36)18-25(37)16-21)32(33(39)43)41-30-8-4-7-29(38)28(30)10-9-26-19-40-11-12-42(26)46(44,45)27-5-2-1-3-6-27/h1-8,13-18,26,31-32,40-41H,9-12,19H2,(H2,39,43)/t26?,32-/m0/s1. The highest BCUT2D eigenvalue weighted by molar-refractivity contribution is 7.89. The molecule has 0 spiro atoms. The zero-order valence-electron chi connectivity index (χ0n) is 24.4. The number of nitrogens with zero attached hydrogens (tertiary/aromatic N) is 1. The van der Waals surface area contributed by atoms with E-state index in [0.717, 1.165) is 24.3 Å². The summed E-state index contributed by atoms with van der Waals surface area (Å²) in [6.07, 6.45) is 0.199. The molecule has 1 aliphatic rings. The highest BCUT2D eigenvalue weighted by atomic mass is 32.2. The van der Waals surface area contributed by atoms with Gasteiger partial charge < -0.3 is 16.4 Å². The Bertz CT molecular complexity index is 1740. The van der Waals surface area contributed by atoms with Crippen molar-refractivity contribution in [2.24, 2.45) is 5.73 Å². The molecular formula is C33H31F5N4O3S. The molecule has 0 bridgehead atoms. The molecule has 1 amide bonds. The van der Waals surface area contributed by atoms with E-state index >= 15 is 4.39 Å². The Labute approximate surface area is 263 Å². The number of carbonyl (C=O) groups excluding carboxylic acids is 1. The fourth-order valence-electron chi connectivity index (χ4n) is 5.86. The van der Waals surface area contributed by atoms with Crippen molar-refractivity contribution >= 4 is 21.6 Å². The molecule has 1 saturated heterocycles. The Hall–Kier alpha value is -4.33. The highest BCUT2D eigenvalue weighted by Gasteiger charge is 2.35. The lowest BCUT2D eigenvalue weighted by atomic mass is 9.84. The van der Waals surface area contributed by atoms with Crippen molar-refractivity contribution in [1.29, 1.82) is 0 Å². The van der Waals surface area contributed by atoms with Crippen LogP contribution in [0.2, 0.25) is 0 Å². The fourth-order valence-corrected chi connectivity index (χ4v) is 7.54. The molecule has 242 valence electrons. The van der Waals surface area contributed by atoms with Crippen LogP contribution in [0.1, 0.15) is 29.0 Å². The second-order valence-electron chi connectivity index (χ2n) is 11.0. The first-order chi connectivity index (χ1) is 21.9. The largest absolute Gasteiger partial charge is 0.373 e. The summed E-state index contributed by atoms with van der Waals surface area (Å²) in [6, 6.07) is 14.7. The minimum atomic E-state index is -3.85. The van der Waals surface area contributed by atoms with Crippen LogP contribution in [0.15, 0.2) is 89.8 Å². The number of nitrogens with one attached hydrogen (secondary N) is 2. The van der Waals surface area contributed by atoms with Gasteiger partial charge in [-0.05, 0) is 72.5 Å². The maximum Gasteiger partial charge on any atom is 0.243 e. The summed E-state index contributed by atoms with van der Waals surface area (Å²) in [5, 5.41) is 6.04. The first kappa shape index (κ1) is 33.0. The number of sulfonamides is 1. The van der Waals surface area contributed by atoms with Crippen molar-refractivity contribution in [2.45, 2.75) is 35.7 Å². The van der Waals surface area contributed by atoms with Gasteiger partial charge in [0.2, 0.25) is 15.9 Å². The third kappa shape index (κ3) is 7.38. The topological polar surface area (TPSA) is 105 Å². The smallest absolute Gasteiger partial charge is 0.243 e. The molecule has 1 unspecified atom stereocenters. The third-order valence-corrected chi connectivity index (χ3v) is 9.90. The van der Waals surface area contributed by atoms with Crippen molar-refractivity contribution in [3.63, 3.8) is 0 Å². The van der Waals surface area contributed by atoms with Gasteiger partial charge in [-0.1, -0.05) is 24.3 Å². The number of anilines is 1. The van der Waals surface area contributed by atoms with Crippen molar-refractivity contribution < 1.29 is 35.2 Å². The van der Waals surface area contributed by atoms with Gasteiger partial charge >= 0.3 is 0 Å². The normalized spacial score (nSPS) is 16.3. The SMILES string of the molecule is NC(=O)[C@@H](Nc1cccc(F)c1CCC1CNCCN1S(=O)(=O)c1ccccc1)C(c1cc(F)cc(F)c1)c1cc(F)cc(F)c1. The molecule has 0 aliphatic carbocycles. The molecule has 0 saturated carbocycles. The minimum absolute atomic E-state index is 0.0154. The van der Waals surface area contributed by atoms with Crippen molar-refractivity contribution in [3.8, 4) is 0 Å². The number of halogens is 5. The van der Waals surface area contributed by atoms with Gasteiger partial charge in [0, 0.05) is 55.0 Å². The number of hydrogen-bond acceptors (Lipinski definition) is 5. The summed E-state index contributed by atoms with van der Waals surface area (Å²) in [7, 11) is -3.85.